The first-order chi connectivity index (χ1) is 32.0. The number of nitrogens with zero attached hydrogens (tertiary/aromatic N) is 1. The number of rotatable bonds is 11. The summed E-state index contributed by atoms with van der Waals surface area (Å²) in [7, 11) is 1.84. The molecule has 2 aromatic heterocycles. The molecule has 2 saturated carbocycles. The van der Waals surface area contributed by atoms with Gasteiger partial charge >= 0.3 is 0 Å². The fraction of sp³-hybridized carbons (Fsp3) is 0.434. The van der Waals surface area contributed by atoms with Crippen LogP contribution in [0.2, 0.25) is 0 Å². The Bertz CT molecular complexity index is 2810. The maximum atomic E-state index is 13.4. The summed E-state index contributed by atoms with van der Waals surface area (Å²) >= 11 is 5.27. The number of benzene rings is 4. The van der Waals surface area contributed by atoms with Crippen molar-refractivity contribution in [2.24, 2.45) is 0 Å². The standard InChI is InChI=1S/C27H33N3O4.C23H24N2O3.C3H5ClO/c1-26(2,3)24-12-17-11-19(6-7-21(17)30(24)15-20(31)14-28-4)29-25(32)27(9-10-27)18-5-8-22-23(13-18)34-16-33-22;1-22(2,3)20-11-14-10-16(5-6-17(14)25-20)24-21(26)23(8-9-23)15-4-7-18-19(12-15)28-13-27-18;4-1-3-2-5-3/h5-8,11-13,20,28,31H,9-10,14-16H2,1-4H3,(H,29,32);4-7,10-12,25H,8-9,13H2,1-3H3,(H,24,26);3H,1-2H2. The lowest BCUT2D eigenvalue weighted by Crippen LogP contribution is -2.30. The lowest BCUT2D eigenvalue weighted by atomic mass is 9.92. The van der Waals surface area contributed by atoms with E-state index >= 15 is 0 Å². The minimum absolute atomic E-state index is 0.00522. The predicted molar refractivity (Wildman–Crippen MR) is 262 cm³/mol. The van der Waals surface area contributed by atoms with E-state index in [1.807, 2.05) is 79.8 Å². The first kappa shape index (κ1) is 46.4. The van der Waals surface area contributed by atoms with E-state index in [0.717, 1.165) is 99.5 Å². The van der Waals surface area contributed by atoms with Gasteiger partial charge in [0.25, 0.3) is 0 Å². The fourth-order valence-corrected chi connectivity index (χ4v) is 9.06. The highest BCUT2D eigenvalue weighted by molar-refractivity contribution is 6.18. The number of hydrogen-bond donors (Lipinski definition) is 5. The maximum absolute atomic E-state index is 13.4. The SMILES string of the molecule is CC(C)(C)c1cc2cc(NC(=O)C3(c4ccc5c(c4)OCO5)CC3)ccc2[nH]1.CNCC(O)Cn1c(C(C)(C)C)cc2cc(NC(=O)C3(c4ccc5c(c4)OCO5)CC3)ccc21.ClCC1CO1. The fourth-order valence-electron chi connectivity index (χ4n) is 8.88. The van der Waals surface area contributed by atoms with Crippen LogP contribution in [0.5, 0.6) is 23.0 Å². The van der Waals surface area contributed by atoms with Crippen molar-refractivity contribution in [1.82, 2.24) is 14.9 Å². The molecule has 4 aromatic carbocycles. The van der Waals surface area contributed by atoms with Crippen molar-refractivity contribution in [2.75, 3.05) is 50.3 Å². The van der Waals surface area contributed by atoms with Crippen molar-refractivity contribution in [1.29, 1.82) is 0 Å². The number of aliphatic hydroxyl groups is 1. The first-order valence-corrected chi connectivity index (χ1v) is 23.7. The van der Waals surface area contributed by atoms with E-state index in [1.54, 1.807) is 0 Å². The number of alkyl halides is 1. The predicted octanol–water partition coefficient (Wildman–Crippen LogP) is 9.41. The first-order valence-electron chi connectivity index (χ1n) is 23.2. The van der Waals surface area contributed by atoms with Gasteiger partial charge in [-0.15, -0.1) is 11.6 Å². The number of epoxide rings is 1. The molecule has 5 N–H and O–H groups in total. The molecule has 2 unspecified atom stereocenters. The largest absolute Gasteiger partial charge is 0.454 e. The number of H-pyrrole nitrogens is 1. The van der Waals surface area contributed by atoms with Crippen molar-refractivity contribution >= 4 is 56.6 Å². The molecule has 0 bridgehead atoms. The van der Waals surface area contributed by atoms with E-state index in [9.17, 15) is 14.7 Å². The molecule has 2 amide bonds. The molecule has 5 aliphatic rings. The molecule has 6 aromatic rings. The molecule has 67 heavy (non-hydrogen) atoms. The van der Waals surface area contributed by atoms with Gasteiger partial charge in [-0.05, 0) is 117 Å². The molecule has 1 saturated heterocycles. The zero-order valence-electron chi connectivity index (χ0n) is 39.4. The molecule has 11 rings (SSSR count). The zero-order valence-corrected chi connectivity index (χ0v) is 40.2. The number of aromatic nitrogens is 2. The molecule has 2 atom stereocenters. The van der Waals surface area contributed by atoms with Crippen LogP contribution in [0.1, 0.15) is 89.7 Å². The molecular formula is C53H62ClN5O8. The van der Waals surface area contributed by atoms with Crippen molar-refractivity contribution in [3.63, 3.8) is 0 Å². The summed E-state index contributed by atoms with van der Waals surface area (Å²) in [5.41, 5.74) is 7.02. The van der Waals surface area contributed by atoms with E-state index in [2.05, 4.69) is 79.2 Å². The van der Waals surface area contributed by atoms with Gasteiger partial charge in [0.1, 0.15) is 0 Å². The van der Waals surface area contributed by atoms with Gasteiger partial charge in [-0.1, -0.05) is 53.7 Å². The second-order valence-electron chi connectivity index (χ2n) is 20.4. The normalized spacial score (nSPS) is 18.3. The van der Waals surface area contributed by atoms with E-state index in [-0.39, 0.29) is 36.2 Å². The highest BCUT2D eigenvalue weighted by atomic mass is 35.5. The van der Waals surface area contributed by atoms with Crippen LogP contribution >= 0.6 is 11.6 Å². The number of aromatic amines is 1. The monoisotopic (exact) mass is 931 g/mol. The molecule has 5 heterocycles. The second kappa shape index (κ2) is 18.1. The third-order valence-corrected chi connectivity index (χ3v) is 13.6. The summed E-state index contributed by atoms with van der Waals surface area (Å²) < 4.78 is 28.7. The Morgan fingerprint density at radius 1 is 0.731 bits per heavy atom. The molecule has 2 aliphatic carbocycles. The van der Waals surface area contributed by atoms with Crippen LogP contribution in [0.4, 0.5) is 11.4 Å². The molecule has 0 radical (unpaired) electrons. The molecule has 13 nitrogen and oxygen atoms in total. The average molecular weight is 933 g/mol. The van der Waals surface area contributed by atoms with Gasteiger partial charge in [-0.25, -0.2) is 0 Å². The Labute approximate surface area is 396 Å². The summed E-state index contributed by atoms with van der Waals surface area (Å²) in [5.74, 6) is 3.61. The van der Waals surface area contributed by atoms with Crippen molar-refractivity contribution < 1.29 is 38.4 Å². The Hall–Kier alpha value is -5.73. The van der Waals surface area contributed by atoms with E-state index in [1.165, 1.54) is 5.69 Å². The van der Waals surface area contributed by atoms with Crippen molar-refractivity contribution in [3.05, 3.63) is 107 Å². The Morgan fingerprint density at radius 3 is 1.75 bits per heavy atom. The number of aliphatic hydroxyl groups excluding tert-OH is 1. The minimum atomic E-state index is -0.518. The van der Waals surface area contributed by atoms with Gasteiger partial charge in [0.2, 0.25) is 25.4 Å². The average Bonchev–Trinajstić information content (AvgIpc) is 4.26. The number of carbonyl (C=O) groups excluding carboxylic acids is 2. The van der Waals surface area contributed by atoms with Gasteiger partial charge in [-0.2, -0.15) is 0 Å². The highest BCUT2D eigenvalue weighted by Gasteiger charge is 2.52. The summed E-state index contributed by atoms with van der Waals surface area (Å²) in [6, 6.07) is 28.0. The Balaban J connectivity index is 0.000000154. The van der Waals surface area contributed by atoms with Gasteiger partial charge in [0, 0.05) is 61.9 Å². The number of anilines is 2. The van der Waals surface area contributed by atoms with Gasteiger partial charge in [0.15, 0.2) is 23.0 Å². The van der Waals surface area contributed by atoms with Crippen LogP contribution < -0.4 is 34.9 Å². The van der Waals surface area contributed by atoms with Crippen molar-refractivity contribution in [3.8, 4) is 23.0 Å². The summed E-state index contributed by atoms with van der Waals surface area (Å²) in [5, 5.41) is 21.9. The maximum Gasteiger partial charge on any atom is 0.235 e. The number of carbonyl (C=O) groups is 2. The summed E-state index contributed by atoms with van der Waals surface area (Å²) in [4.78, 5) is 29.9. The molecule has 354 valence electrons. The third-order valence-electron chi connectivity index (χ3n) is 13.2. The molecular weight excluding hydrogens is 870 g/mol. The lowest BCUT2D eigenvalue weighted by molar-refractivity contribution is -0.119. The van der Waals surface area contributed by atoms with Crippen molar-refractivity contribution in [2.45, 2.75) is 108 Å². The summed E-state index contributed by atoms with van der Waals surface area (Å²) in [6.45, 7) is 15.4. The number of fused-ring (bicyclic) bond motifs is 4. The number of likely N-dealkylation sites (N-methyl/N-ethyl adjacent to an activating group) is 1. The van der Waals surface area contributed by atoms with Gasteiger partial charge in [-0.3, -0.25) is 9.59 Å². The van der Waals surface area contributed by atoms with E-state index < -0.39 is 16.9 Å². The zero-order chi connectivity index (χ0) is 47.3. The third kappa shape index (κ3) is 9.83. The molecule has 3 fully saturated rings. The number of hydrogen-bond acceptors (Lipinski definition) is 9. The topological polar surface area (TPSA) is 161 Å². The van der Waals surface area contributed by atoms with Crippen LogP contribution in [0.15, 0.2) is 84.9 Å². The quantitative estimate of drug-likeness (QED) is 0.0630. The molecule has 14 heteroatoms. The van der Waals surface area contributed by atoms with Crippen LogP contribution in [0.3, 0.4) is 0 Å². The number of amides is 2. The number of ether oxygens (including phenoxy) is 5. The number of nitrogens with one attached hydrogen (secondary N) is 4. The molecule has 3 aliphatic heterocycles. The molecule has 0 spiro atoms. The lowest BCUT2D eigenvalue weighted by Gasteiger charge is -2.23. The number of halogens is 1. The Kier molecular flexibility index (Phi) is 12.5. The minimum Gasteiger partial charge on any atom is -0.454 e. The summed E-state index contributed by atoms with van der Waals surface area (Å²) in [6.07, 6.45) is 3.23. The van der Waals surface area contributed by atoms with E-state index in [4.69, 9.17) is 35.3 Å². The van der Waals surface area contributed by atoms with Crippen LogP contribution in [-0.4, -0.2) is 78.3 Å². The van der Waals surface area contributed by atoms with Gasteiger partial charge in [0.05, 0.1) is 42.1 Å². The smallest absolute Gasteiger partial charge is 0.235 e. The second-order valence-corrected chi connectivity index (χ2v) is 20.7. The Morgan fingerprint density at radius 2 is 1.27 bits per heavy atom. The van der Waals surface area contributed by atoms with Gasteiger partial charge < -0.3 is 54.3 Å². The van der Waals surface area contributed by atoms with Crippen LogP contribution in [0, 0.1) is 0 Å². The highest BCUT2D eigenvalue weighted by Crippen LogP contribution is 2.52. The van der Waals surface area contributed by atoms with E-state index in [0.29, 0.717) is 30.8 Å². The van der Waals surface area contributed by atoms with Crippen LogP contribution in [-0.2, 0) is 42.5 Å². The van der Waals surface area contributed by atoms with Crippen LogP contribution in [0.25, 0.3) is 21.8 Å².